The zero-order valence-corrected chi connectivity index (χ0v) is 16.3. The Labute approximate surface area is 165 Å². The normalized spacial score (nSPS) is 16.6. The molecule has 1 atom stereocenters. The number of imidazole rings is 1. The van der Waals surface area contributed by atoms with Gasteiger partial charge in [0.1, 0.15) is 0 Å². The molecule has 1 aliphatic heterocycles. The fourth-order valence-corrected chi connectivity index (χ4v) is 4.40. The highest BCUT2D eigenvalue weighted by molar-refractivity contribution is 7.99. The number of nitrogens with zero attached hydrogens (tertiary/aromatic N) is 4. The molecule has 1 fully saturated rings. The van der Waals surface area contributed by atoms with Crippen LogP contribution < -0.4 is 5.32 Å². The topological polar surface area (TPSA) is 81.9 Å². The molecule has 2 aromatic heterocycles. The zero-order chi connectivity index (χ0) is 18.8. The van der Waals surface area contributed by atoms with Gasteiger partial charge in [-0.3, -0.25) is 0 Å². The second-order valence-corrected chi connectivity index (χ2v) is 7.59. The van der Waals surface area contributed by atoms with Crippen LogP contribution in [0.15, 0.2) is 30.6 Å². The van der Waals surface area contributed by atoms with Gasteiger partial charge in [0.05, 0.1) is 18.5 Å². The van der Waals surface area contributed by atoms with Gasteiger partial charge in [-0.2, -0.15) is 21.7 Å². The maximum Gasteiger partial charge on any atom is 0.338 e. The molecule has 7 nitrogen and oxygen atoms in total. The van der Waals surface area contributed by atoms with Crippen LogP contribution in [0.5, 0.6) is 0 Å². The molecule has 9 heteroatoms. The largest absolute Gasteiger partial charge is 0.462 e. The van der Waals surface area contributed by atoms with Crippen molar-refractivity contribution in [1.82, 2.24) is 19.5 Å². The van der Waals surface area contributed by atoms with Crippen molar-refractivity contribution in [2.45, 2.75) is 19.4 Å². The maximum atomic E-state index is 11.8. The van der Waals surface area contributed by atoms with Crippen LogP contribution >= 0.6 is 23.4 Å². The minimum Gasteiger partial charge on any atom is -0.462 e. The van der Waals surface area contributed by atoms with Crippen molar-refractivity contribution in [3.8, 4) is 0 Å². The Hall–Kier alpha value is -2.32. The maximum absolute atomic E-state index is 11.8. The molecule has 0 amide bonds. The van der Waals surface area contributed by atoms with Gasteiger partial charge in [0.15, 0.2) is 17.0 Å². The number of aromatic nitrogens is 4. The predicted octanol–water partition coefficient (Wildman–Crippen LogP) is 4.08. The summed E-state index contributed by atoms with van der Waals surface area (Å²) in [5.74, 6) is 2.38. The molecule has 1 unspecified atom stereocenters. The van der Waals surface area contributed by atoms with Gasteiger partial charge in [0.2, 0.25) is 5.28 Å². The summed E-state index contributed by atoms with van der Waals surface area (Å²) < 4.78 is 7.08. The molecule has 27 heavy (non-hydrogen) atoms. The Morgan fingerprint density at radius 2 is 2.19 bits per heavy atom. The van der Waals surface area contributed by atoms with Crippen molar-refractivity contribution < 1.29 is 9.53 Å². The molecule has 140 valence electrons. The predicted molar refractivity (Wildman–Crippen MR) is 107 cm³/mol. The van der Waals surface area contributed by atoms with Gasteiger partial charge in [-0.1, -0.05) is 0 Å². The number of benzene rings is 1. The van der Waals surface area contributed by atoms with Crippen LogP contribution in [-0.2, 0) is 4.74 Å². The molecule has 0 saturated carbocycles. The number of ether oxygens (including phenoxy) is 1. The van der Waals surface area contributed by atoms with Crippen molar-refractivity contribution >= 4 is 52.0 Å². The Kier molecular flexibility index (Phi) is 5.18. The summed E-state index contributed by atoms with van der Waals surface area (Å²) in [6.45, 7) is 2.12. The quantitative estimate of drug-likeness (QED) is 0.507. The van der Waals surface area contributed by atoms with Crippen LogP contribution in [0.4, 0.5) is 11.5 Å². The zero-order valence-electron chi connectivity index (χ0n) is 14.7. The number of carbonyl (C=O) groups is 1. The Balaban J connectivity index is 1.63. The van der Waals surface area contributed by atoms with Gasteiger partial charge in [0, 0.05) is 17.5 Å². The molecule has 0 spiro atoms. The molecular weight excluding hydrogens is 386 g/mol. The third kappa shape index (κ3) is 3.72. The first-order valence-electron chi connectivity index (χ1n) is 8.67. The highest BCUT2D eigenvalue weighted by Crippen LogP contribution is 2.32. The highest BCUT2D eigenvalue weighted by atomic mass is 35.5. The lowest BCUT2D eigenvalue weighted by Gasteiger charge is -2.12. The summed E-state index contributed by atoms with van der Waals surface area (Å²) in [5, 5.41) is 3.39. The molecule has 0 radical (unpaired) electrons. The molecule has 3 aromatic rings. The van der Waals surface area contributed by atoms with Gasteiger partial charge in [0.25, 0.3) is 0 Å². The smallest absolute Gasteiger partial charge is 0.338 e. The lowest BCUT2D eigenvalue weighted by Crippen LogP contribution is -2.08. The first-order chi connectivity index (χ1) is 13.2. The Bertz CT molecular complexity index is 970. The molecule has 4 rings (SSSR count). The molecule has 0 bridgehead atoms. The molecule has 1 N–H and O–H groups in total. The number of hydrogen-bond donors (Lipinski definition) is 1. The van der Waals surface area contributed by atoms with Crippen LogP contribution in [0, 0.1) is 0 Å². The summed E-state index contributed by atoms with van der Waals surface area (Å²) in [6, 6.07) is 7.36. The van der Waals surface area contributed by atoms with Gasteiger partial charge in [-0.05, 0) is 55.0 Å². The standard InChI is InChI=1S/C18H18ClN5O2S/c1-2-26-17(25)11-3-5-12(6-4-11)21-15-14-16(23-18(19)22-15)24(10-20-14)13-7-8-27-9-13/h3-6,10,13H,2,7-9H2,1H3,(H,21,22,23). The third-order valence-corrected chi connectivity index (χ3v) is 5.67. The van der Waals surface area contributed by atoms with Crippen molar-refractivity contribution in [3.63, 3.8) is 0 Å². The van der Waals surface area contributed by atoms with E-state index in [4.69, 9.17) is 16.3 Å². The van der Waals surface area contributed by atoms with Gasteiger partial charge >= 0.3 is 5.97 Å². The van der Waals surface area contributed by atoms with E-state index in [0.29, 0.717) is 29.5 Å². The third-order valence-electron chi connectivity index (χ3n) is 4.35. The van der Waals surface area contributed by atoms with Crippen molar-refractivity contribution in [3.05, 3.63) is 41.4 Å². The second kappa shape index (κ2) is 7.74. The van der Waals surface area contributed by atoms with Gasteiger partial charge in [-0.25, -0.2) is 9.78 Å². The number of halogens is 1. The van der Waals surface area contributed by atoms with Crippen molar-refractivity contribution in [1.29, 1.82) is 0 Å². The van der Waals surface area contributed by atoms with Crippen molar-refractivity contribution in [2.75, 3.05) is 23.4 Å². The summed E-state index contributed by atoms with van der Waals surface area (Å²) in [5.41, 5.74) is 2.67. The van der Waals surface area contributed by atoms with E-state index in [0.717, 1.165) is 29.3 Å². The fourth-order valence-electron chi connectivity index (χ4n) is 3.03. The van der Waals surface area contributed by atoms with E-state index in [2.05, 4.69) is 24.8 Å². The first kappa shape index (κ1) is 18.1. The minimum atomic E-state index is -0.343. The van der Waals surface area contributed by atoms with E-state index >= 15 is 0 Å². The van der Waals surface area contributed by atoms with Gasteiger partial charge < -0.3 is 14.6 Å². The molecule has 0 aliphatic carbocycles. The van der Waals surface area contributed by atoms with Crippen molar-refractivity contribution in [2.24, 2.45) is 0 Å². The number of thioether (sulfide) groups is 1. The first-order valence-corrected chi connectivity index (χ1v) is 10.2. The number of esters is 1. The Morgan fingerprint density at radius 1 is 1.37 bits per heavy atom. The number of hydrogen-bond acceptors (Lipinski definition) is 7. The van der Waals surface area contributed by atoms with Gasteiger partial charge in [-0.15, -0.1) is 0 Å². The minimum absolute atomic E-state index is 0.167. The fraction of sp³-hybridized carbons (Fsp3) is 0.333. The van der Waals surface area contributed by atoms with E-state index < -0.39 is 0 Å². The number of carbonyl (C=O) groups excluding carboxylic acids is 1. The lowest BCUT2D eigenvalue weighted by molar-refractivity contribution is 0.0526. The summed E-state index contributed by atoms with van der Waals surface area (Å²) >= 11 is 8.09. The van der Waals surface area contributed by atoms with E-state index in [1.54, 1.807) is 37.5 Å². The van der Waals surface area contributed by atoms with Crippen LogP contribution in [0.1, 0.15) is 29.7 Å². The average molecular weight is 404 g/mol. The molecule has 1 saturated heterocycles. The summed E-state index contributed by atoms with van der Waals surface area (Å²) in [6.07, 6.45) is 2.90. The highest BCUT2D eigenvalue weighted by Gasteiger charge is 2.22. The van der Waals surface area contributed by atoms with Crippen LogP contribution in [-0.4, -0.2) is 43.6 Å². The number of rotatable bonds is 5. The molecule has 1 aromatic carbocycles. The second-order valence-electron chi connectivity index (χ2n) is 6.11. The average Bonchev–Trinajstić information content (AvgIpc) is 3.31. The molecule has 1 aliphatic rings. The monoisotopic (exact) mass is 403 g/mol. The molecular formula is C18H18ClN5O2S. The van der Waals surface area contributed by atoms with Crippen LogP contribution in [0.2, 0.25) is 5.28 Å². The van der Waals surface area contributed by atoms with E-state index in [-0.39, 0.29) is 11.3 Å². The van der Waals surface area contributed by atoms with E-state index in [9.17, 15) is 4.79 Å². The summed E-state index contributed by atoms with van der Waals surface area (Å²) in [7, 11) is 0. The van der Waals surface area contributed by atoms with E-state index in [1.165, 1.54) is 0 Å². The molecule has 3 heterocycles. The number of nitrogens with one attached hydrogen (secondary N) is 1. The Morgan fingerprint density at radius 3 is 2.89 bits per heavy atom. The van der Waals surface area contributed by atoms with Crippen LogP contribution in [0.25, 0.3) is 11.2 Å². The number of fused-ring (bicyclic) bond motifs is 1. The summed E-state index contributed by atoms with van der Waals surface area (Å²) in [4.78, 5) is 24.9. The van der Waals surface area contributed by atoms with E-state index in [1.807, 2.05) is 11.8 Å². The number of anilines is 2. The van der Waals surface area contributed by atoms with Crippen LogP contribution in [0.3, 0.4) is 0 Å². The SMILES string of the molecule is CCOC(=O)c1ccc(Nc2nc(Cl)nc3c2ncn3C2CCSC2)cc1. The lowest BCUT2D eigenvalue weighted by atomic mass is 10.2.